The molecule has 4 nitrogen and oxygen atoms in total. The second kappa shape index (κ2) is 9.95. The predicted octanol–water partition coefficient (Wildman–Crippen LogP) is 9.69. The van der Waals surface area contributed by atoms with Gasteiger partial charge in [-0.2, -0.15) is 0 Å². The average molecular weight is 612 g/mol. The van der Waals surface area contributed by atoms with Gasteiger partial charge in [-0.15, -0.1) is 0 Å². The lowest BCUT2D eigenvalue weighted by atomic mass is 9.81. The Morgan fingerprint density at radius 1 is 0.553 bits per heavy atom. The lowest BCUT2D eigenvalue weighted by Crippen LogP contribution is -2.49. The van der Waals surface area contributed by atoms with E-state index in [4.69, 9.17) is 9.07 Å². The number of aliphatic hydroxyl groups is 1. The number of hydrogen-bond donors (Lipinski definition) is 1. The molecule has 7 aromatic carbocycles. The Balaban J connectivity index is 1.42. The van der Waals surface area contributed by atoms with Crippen LogP contribution in [0.1, 0.15) is 27.7 Å². The molecule has 0 saturated carbocycles. The summed E-state index contributed by atoms with van der Waals surface area (Å²) in [6, 6.07) is 43.4. The Kier molecular flexibility index (Phi) is 5.96. The van der Waals surface area contributed by atoms with E-state index in [2.05, 4.69) is 126 Å². The van der Waals surface area contributed by atoms with E-state index in [9.17, 15) is 5.11 Å². The summed E-state index contributed by atoms with van der Waals surface area (Å²) in [5.74, 6) is 0. The molecule has 0 saturated heterocycles. The SMILES string of the molecule is CC(C)(O)C(C)(C)OBc1ccc(-n2c3ccc4ccccc4c3c3c4ccccc4ccc32)c2c1oc1c3ccccc3ccc12. The third-order valence-corrected chi connectivity index (χ3v) is 10.4. The number of furan rings is 1. The monoisotopic (exact) mass is 611 g/mol. The van der Waals surface area contributed by atoms with Crippen LogP contribution in [0.2, 0.25) is 0 Å². The molecule has 0 unspecified atom stereocenters. The lowest BCUT2D eigenvalue weighted by Gasteiger charge is -2.37. The second-order valence-electron chi connectivity index (χ2n) is 13.8. The fraction of sp³-hybridized carbons (Fsp3) is 0.143. The molecule has 0 amide bonds. The summed E-state index contributed by atoms with van der Waals surface area (Å²) in [6.07, 6.45) is 0. The molecule has 2 heterocycles. The Morgan fingerprint density at radius 3 is 1.68 bits per heavy atom. The summed E-state index contributed by atoms with van der Waals surface area (Å²) < 4.78 is 15.7. The molecule has 2 aromatic heterocycles. The number of fused-ring (bicyclic) bond motifs is 12. The zero-order chi connectivity index (χ0) is 32.1. The highest BCUT2D eigenvalue weighted by atomic mass is 16.5. The van der Waals surface area contributed by atoms with Crippen molar-refractivity contribution in [2.75, 3.05) is 0 Å². The number of rotatable bonds is 5. The summed E-state index contributed by atoms with van der Waals surface area (Å²) in [7, 11) is 0.300. The highest BCUT2D eigenvalue weighted by Gasteiger charge is 2.36. The van der Waals surface area contributed by atoms with Gasteiger partial charge in [0.1, 0.15) is 11.2 Å². The zero-order valence-corrected chi connectivity index (χ0v) is 27.0. The van der Waals surface area contributed by atoms with Crippen molar-refractivity contribution < 1.29 is 14.2 Å². The Bertz CT molecular complexity index is 2620. The van der Waals surface area contributed by atoms with Gasteiger partial charge in [-0.25, -0.2) is 0 Å². The van der Waals surface area contributed by atoms with Crippen molar-refractivity contribution >= 4 is 89.0 Å². The molecule has 9 rings (SSSR count). The number of benzene rings is 7. The van der Waals surface area contributed by atoms with Crippen LogP contribution in [-0.4, -0.2) is 28.4 Å². The van der Waals surface area contributed by atoms with E-state index in [0.717, 1.165) is 54.9 Å². The standard InChI is InChI=1S/C42H34BNO3/c1-41(2,45)42(3,4)47-43-32-21-24-35(38-31-20-17-27-13-7-10-16-30(27)39(31)46-40(32)38)44-33-22-18-25-11-5-8-14-28(25)36(33)37-29-15-9-6-12-26(29)19-23-34(37)44/h5-24,43,45H,1-4H3. The first-order valence-corrected chi connectivity index (χ1v) is 16.3. The van der Waals surface area contributed by atoms with Crippen LogP contribution in [0.3, 0.4) is 0 Å². The predicted molar refractivity (Wildman–Crippen MR) is 199 cm³/mol. The van der Waals surface area contributed by atoms with E-state index in [-0.39, 0.29) is 0 Å². The van der Waals surface area contributed by atoms with Crippen LogP contribution >= 0.6 is 0 Å². The van der Waals surface area contributed by atoms with Crippen LogP contribution in [0.4, 0.5) is 0 Å². The molecule has 1 N–H and O–H groups in total. The Labute approximate surface area is 273 Å². The number of aromatic nitrogens is 1. The molecule has 47 heavy (non-hydrogen) atoms. The van der Waals surface area contributed by atoms with Gasteiger partial charge in [0, 0.05) is 21.5 Å². The van der Waals surface area contributed by atoms with Gasteiger partial charge in [0.05, 0.1) is 33.3 Å². The van der Waals surface area contributed by atoms with Gasteiger partial charge in [-0.3, -0.25) is 0 Å². The van der Waals surface area contributed by atoms with Gasteiger partial charge in [-0.05, 0) is 84.4 Å². The van der Waals surface area contributed by atoms with Gasteiger partial charge in [0.25, 0.3) is 0 Å². The molecule has 0 atom stereocenters. The normalized spacial score (nSPS) is 12.9. The molecule has 228 valence electrons. The maximum Gasteiger partial charge on any atom is 0.313 e. The van der Waals surface area contributed by atoms with E-state index in [1.54, 1.807) is 13.8 Å². The molecule has 0 radical (unpaired) electrons. The topological polar surface area (TPSA) is 47.5 Å². The van der Waals surface area contributed by atoms with Crippen molar-refractivity contribution in [3.8, 4) is 5.69 Å². The van der Waals surface area contributed by atoms with Gasteiger partial charge >= 0.3 is 7.48 Å². The molecule has 0 aliphatic carbocycles. The van der Waals surface area contributed by atoms with Crippen LogP contribution in [0.25, 0.3) is 81.7 Å². The van der Waals surface area contributed by atoms with Crippen LogP contribution in [0.5, 0.6) is 0 Å². The minimum absolute atomic E-state index is 0.300. The first kappa shape index (κ1) is 28.2. The van der Waals surface area contributed by atoms with Crippen molar-refractivity contribution in [2.24, 2.45) is 0 Å². The molecule has 9 aromatic rings. The van der Waals surface area contributed by atoms with Crippen molar-refractivity contribution in [1.29, 1.82) is 0 Å². The number of hydrogen-bond acceptors (Lipinski definition) is 3. The highest BCUT2D eigenvalue weighted by Crippen LogP contribution is 2.43. The number of nitrogens with zero attached hydrogens (tertiary/aromatic N) is 1. The summed E-state index contributed by atoms with van der Waals surface area (Å²) in [4.78, 5) is 0. The van der Waals surface area contributed by atoms with Crippen molar-refractivity contribution in [3.63, 3.8) is 0 Å². The molecule has 0 aliphatic rings. The van der Waals surface area contributed by atoms with Crippen LogP contribution in [0, 0.1) is 0 Å². The minimum Gasteiger partial charge on any atom is -0.456 e. The van der Waals surface area contributed by atoms with E-state index in [1.807, 2.05) is 13.8 Å². The summed E-state index contributed by atoms with van der Waals surface area (Å²) in [6.45, 7) is 7.43. The van der Waals surface area contributed by atoms with Gasteiger partial charge in [0.2, 0.25) is 0 Å². The van der Waals surface area contributed by atoms with Crippen LogP contribution in [0.15, 0.2) is 126 Å². The first-order chi connectivity index (χ1) is 22.7. The first-order valence-electron chi connectivity index (χ1n) is 16.3. The summed E-state index contributed by atoms with van der Waals surface area (Å²) >= 11 is 0. The maximum absolute atomic E-state index is 10.8. The van der Waals surface area contributed by atoms with Gasteiger partial charge < -0.3 is 18.7 Å². The second-order valence-corrected chi connectivity index (χ2v) is 13.8. The summed E-state index contributed by atoms with van der Waals surface area (Å²) in [5, 5.41) is 22.6. The van der Waals surface area contributed by atoms with Crippen molar-refractivity contribution in [2.45, 2.75) is 38.9 Å². The van der Waals surface area contributed by atoms with E-state index in [0.29, 0.717) is 7.48 Å². The van der Waals surface area contributed by atoms with Gasteiger partial charge in [0.15, 0.2) is 0 Å². The van der Waals surface area contributed by atoms with Crippen LogP contribution < -0.4 is 5.46 Å². The largest absolute Gasteiger partial charge is 0.456 e. The van der Waals surface area contributed by atoms with Crippen LogP contribution in [-0.2, 0) is 4.65 Å². The summed E-state index contributed by atoms with van der Waals surface area (Å²) in [5.41, 5.74) is 4.18. The third kappa shape index (κ3) is 4.10. The van der Waals surface area contributed by atoms with Crippen molar-refractivity contribution in [1.82, 2.24) is 4.57 Å². The average Bonchev–Trinajstić information content (AvgIpc) is 3.64. The van der Waals surface area contributed by atoms with Crippen molar-refractivity contribution in [3.05, 3.63) is 121 Å². The molecular formula is C42H34BNO3. The quantitative estimate of drug-likeness (QED) is 0.197. The highest BCUT2D eigenvalue weighted by molar-refractivity contribution is 6.52. The lowest BCUT2D eigenvalue weighted by molar-refractivity contribution is -0.0893. The Hall–Kier alpha value is -5.10. The maximum atomic E-state index is 10.8. The zero-order valence-electron chi connectivity index (χ0n) is 27.0. The Morgan fingerprint density at radius 2 is 1.09 bits per heavy atom. The third-order valence-electron chi connectivity index (χ3n) is 10.4. The molecular weight excluding hydrogens is 577 g/mol. The molecule has 0 fully saturated rings. The van der Waals surface area contributed by atoms with Gasteiger partial charge in [-0.1, -0.05) is 97.1 Å². The fourth-order valence-electron chi connectivity index (χ4n) is 7.19. The molecule has 0 aliphatic heterocycles. The fourth-order valence-corrected chi connectivity index (χ4v) is 7.19. The van der Waals surface area contributed by atoms with E-state index >= 15 is 0 Å². The molecule has 0 spiro atoms. The molecule has 0 bridgehead atoms. The smallest absolute Gasteiger partial charge is 0.313 e. The molecule has 5 heteroatoms. The van der Waals surface area contributed by atoms with E-state index < -0.39 is 11.2 Å². The van der Waals surface area contributed by atoms with E-state index in [1.165, 1.54) is 32.3 Å². The minimum atomic E-state index is -1.02.